The summed E-state index contributed by atoms with van der Waals surface area (Å²) < 4.78 is 0. The van der Waals surface area contributed by atoms with Crippen molar-refractivity contribution in [1.29, 1.82) is 0 Å². The molecule has 0 aliphatic heterocycles. The maximum Gasteiger partial charge on any atom is 0.160 e. The predicted molar refractivity (Wildman–Crippen MR) is 162 cm³/mol. The highest BCUT2D eigenvalue weighted by atomic mass is 14.9. The van der Waals surface area contributed by atoms with Gasteiger partial charge in [0.1, 0.15) is 0 Å². The lowest BCUT2D eigenvalue weighted by atomic mass is 10.00. The zero-order chi connectivity index (χ0) is 26.5. The summed E-state index contributed by atoms with van der Waals surface area (Å²) in [5, 5.41) is 5.13. The van der Waals surface area contributed by atoms with Gasteiger partial charge in [0.2, 0.25) is 0 Å². The van der Waals surface area contributed by atoms with Crippen LogP contribution in [0.25, 0.3) is 77.5 Å². The largest absolute Gasteiger partial charge is 0.254 e. The highest BCUT2D eigenvalue weighted by molar-refractivity contribution is 6.20. The van der Waals surface area contributed by atoms with E-state index in [0.29, 0.717) is 5.82 Å². The van der Waals surface area contributed by atoms with E-state index in [-0.39, 0.29) is 0 Å². The van der Waals surface area contributed by atoms with Gasteiger partial charge in [-0.3, -0.25) is 9.97 Å². The molecule has 4 aromatic carbocycles. The van der Waals surface area contributed by atoms with Crippen molar-refractivity contribution in [2.24, 2.45) is 0 Å². The van der Waals surface area contributed by atoms with Gasteiger partial charge in [-0.05, 0) is 23.6 Å². The minimum absolute atomic E-state index is 0.665. The van der Waals surface area contributed by atoms with Gasteiger partial charge in [0.05, 0.1) is 33.6 Å². The fourth-order valence-corrected chi connectivity index (χ4v) is 5.44. The van der Waals surface area contributed by atoms with Crippen LogP contribution in [0.15, 0.2) is 128 Å². The minimum atomic E-state index is 0.665. The number of benzene rings is 4. The number of hydrogen-bond acceptors (Lipinski definition) is 5. The van der Waals surface area contributed by atoms with Crippen molar-refractivity contribution in [3.63, 3.8) is 0 Å². The van der Waals surface area contributed by atoms with Gasteiger partial charge in [0.25, 0.3) is 0 Å². The van der Waals surface area contributed by atoms with E-state index in [9.17, 15) is 0 Å². The van der Waals surface area contributed by atoms with Gasteiger partial charge >= 0.3 is 0 Å². The first kappa shape index (κ1) is 22.4. The van der Waals surface area contributed by atoms with Crippen LogP contribution in [0, 0.1) is 0 Å². The summed E-state index contributed by atoms with van der Waals surface area (Å²) in [6.07, 6.45) is 3.74. The summed E-state index contributed by atoms with van der Waals surface area (Å²) in [4.78, 5) is 24.9. The zero-order valence-electron chi connectivity index (χ0n) is 21.4. The van der Waals surface area contributed by atoms with Crippen molar-refractivity contribution in [1.82, 2.24) is 24.9 Å². The lowest BCUT2D eigenvalue weighted by Gasteiger charge is -2.13. The standard InChI is InChI=1S/C35H21N5/c1-3-10-22(11-4-1)29-20-30(39-35(38-29)24-12-5-2-6-13-24)33-26-16-8-7-15-25(26)28-21-37-34-27(32(28)40-33)18-17-23-14-9-19-36-31(23)34/h1-21H. The number of pyridine rings is 3. The Hall–Kier alpha value is -5.55. The minimum Gasteiger partial charge on any atom is -0.254 e. The van der Waals surface area contributed by atoms with E-state index in [1.165, 1.54) is 0 Å². The second-order valence-electron chi connectivity index (χ2n) is 9.76. The van der Waals surface area contributed by atoms with Crippen molar-refractivity contribution in [3.05, 3.63) is 128 Å². The second-order valence-corrected chi connectivity index (χ2v) is 9.76. The van der Waals surface area contributed by atoms with Crippen LogP contribution < -0.4 is 0 Å². The van der Waals surface area contributed by atoms with Gasteiger partial charge in [-0.15, -0.1) is 0 Å². The third kappa shape index (κ3) is 3.60. The molecule has 0 atom stereocenters. The van der Waals surface area contributed by atoms with Crippen LogP contribution in [0.2, 0.25) is 0 Å². The van der Waals surface area contributed by atoms with E-state index >= 15 is 0 Å². The Balaban J connectivity index is 1.47. The molecular weight excluding hydrogens is 490 g/mol. The van der Waals surface area contributed by atoms with E-state index in [4.69, 9.17) is 19.9 Å². The summed E-state index contributed by atoms with van der Waals surface area (Å²) in [7, 11) is 0. The molecule has 5 heteroatoms. The molecule has 0 amide bonds. The van der Waals surface area contributed by atoms with Crippen LogP contribution in [0.3, 0.4) is 0 Å². The van der Waals surface area contributed by atoms with Crippen LogP contribution in [0.4, 0.5) is 0 Å². The lowest BCUT2D eigenvalue weighted by Crippen LogP contribution is -1.99. The van der Waals surface area contributed by atoms with Crippen LogP contribution in [0.1, 0.15) is 0 Å². The lowest BCUT2D eigenvalue weighted by molar-refractivity contribution is 1.17. The summed E-state index contributed by atoms with van der Waals surface area (Å²) in [6.45, 7) is 0. The molecule has 0 radical (unpaired) electrons. The van der Waals surface area contributed by atoms with E-state index < -0.39 is 0 Å². The SMILES string of the molecule is c1ccc(-c2cc(-c3nc4c(cnc5c4ccc4cccnc45)c4ccccc34)nc(-c3ccccc3)n2)cc1. The van der Waals surface area contributed by atoms with Gasteiger partial charge in [-0.1, -0.05) is 97.1 Å². The zero-order valence-corrected chi connectivity index (χ0v) is 21.4. The Labute approximate surface area is 229 Å². The Bertz CT molecular complexity index is 2150. The van der Waals surface area contributed by atoms with Crippen molar-refractivity contribution in [2.75, 3.05) is 0 Å². The number of nitrogens with zero attached hydrogens (tertiary/aromatic N) is 5. The van der Waals surface area contributed by atoms with Crippen molar-refractivity contribution in [3.8, 4) is 34.0 Å². The Morgan fingerprint density at radius 1 is 0.425 bits per heavy atom. The number of fused-ring (bicyclic) bond motifs is 7. The third-order valence-electron chi connectivity index (χ3n) is 7.35. The quantitative estimate of drug-likeness (QED) is 0.223. The van der Waals surface area contributed by atoms with Gasteiger partial charge < -0.3 is 0 Å². The third-order valence-corrected chi connectivity index (χ3v) is 7.35. The number of rotatable bonds is 3. The smallest absolute Gasteiger partial charge is 0.160 e. The monoisotopic (exact) mass is 511 g/mol. The first-order chi connectivity index (χ1) is 19.8. The topological polar surface area (TPSA) is 64.5 Å². The summed E-state index contributed by atoms with van der Waals surface area (Å²) in [5.74, 6) is 0.665. The predicted octanol–water partition coefficient (Wildman–Crippen LogP) is 8.28. The summed E-state index contributed by atoms with van der Waals surface area (Å²) in [5.41, 5.74) is 7.02. The Morgan fingerprint density at radius 3 is 1.98 bits per heavy atom. The number of hydrogen-bond donors (Lipinski definition) is 0. The molecule has 0 fully saturated rings. The molecule has 0 spiro atoms. The Morgan fingerprint density at radius 2 is 1.15 bits per heavy atom. The normalized spacial score (nSPS) is 11.5. The molecule has 0 aliphatic rings. The van der Waals surface area contributed by atoms with E-state index in [2.05, 4.69) is 53.5 Å². The van der Waals surface area contributed by atoms with Crippen LogP contribution in [-0.4, -0.2) is 24.9 Å². The maximum atomic E-state index is 5.32. The van der Waals surface area contributed by atoms with Crippen molar-refractivity contribution in [2.45, 2.75) is 0 Å². The molecule has 0 saturated carbocycles. The van der Waals surface area contributed by atoms with E-state index in [1.807, 2.05) is 79.1 Å². The van der Waals surface area contributed by atoms with Crippen LogP contribution >= 0.6 is 0 Å². The molecule has 0 N–H and O–H groups in total. The molecular formula is C35H21N5. The summed E-state index contributed by atoms with van der Waals surface area (Å²) >= 11 is 0. The molecule has 40 heavy (non-hydrogen) atoms. The van der Waals surface area contributed by atoms with E-state index in [0.717, 1.165) is 71.7 Å². The highest BCUT2D eigenvalue weighted by Crippen LogP contribution is 2.37. The average molecular weight is 512 g/mol. The molecule has 0 unspecified atom stereocenters. The molecule has 5 nitrogen and oxygen atoms in total. The molecule has 0 saturated heterocycles. The fourth-order valence-electron chi connectivity index (χ4n) is 5.44. The molecule has 8 rings (SSSR count). The highest BCUT2D eigenvalue weighted by Gasteiger charge is 2.17. The van der Waals surface area contributed by atoms with Crippen molar-refractivity contribution < 1.29 is 0 Å². The van der Waals surface area contributed by atoms with Gasteiger partial charge in [-0.2, -0.15) is 0 Å². The second kappa shape index (κ2) is 9.03. The van der Waals surface area contributed by atoms with Crippen LogP contribution in [0.5, 0.6) is 0 Å². The van der Waals surface area contributed by atoms with E-state index in [1.54, 1.807) is 0 Å². The van der Waals surface area contributed by atoms with Crippen LogP contribution in [-0.2, 0) is 0 Å². The van der Waals surface area contributed by atoms with Gasteiger partial charge in [0.15, 0.2) is 5.82 Å². The average Bonchev–Trinajstić information content (AvgIpc) is 3.04. The molecule has 4 aromatic heterocycles. The first-order valence-electron chi connectivity index (χ1n) is 13.2. The van der Waals surface area contributed by atoms with Crippen molar-refractivity contribution >= 4 is 43.5 Å². The molecule has 186 valence electrons. The Kier molecular flexibility index (Phi) is 5.07. The molecule has 0 aliphatic carbocycles. The summed E-state index contributed by atoms with van der Waals surface area (Å²) in [6, 6.07) is 38.9. The molecule has 4 heterocycles. The first-order valence-corrected chi connectivity index (χ1v) is 13.2. The maximum absolute atomic E-state index is 5.32. The molecule has 8 aromatic rings. The molecule has 0 bridgehead atoms. The van der Waals surface area contributed by atoms with Gasteiger partial charge in [-0.25, -0.2) is 15.0 Å². The fraction of sp³-hybridized carbons (Fsp3) is 0. The van der Waals surface area contributed by atoms with Gasteiger partial charge in [0, 0.05) is 45.1 Å². The number of aromatic nitrogens is 5.